The van der Waals surface area contributed by atoms with E-state index in [2.05, 4.69) is 14.4 Å². The fourth-order valence-electron chi connectivity index (χ4n) is 5.10. The average Bonchev–Trinajstić information content (AvgIpc) is 3.45. The molecule has 0 amide bonds. The summed E-state index contributed by atoms with van der Waals surface area (Å²) in [5, 5.41) is 0. The number of sulfone groups is 1. The monoisotopic (exact) mass is 459 g/mol. The first kappa shape index (κ1) is 21.5. The number of fused-ring (bicyclic) bond motifs is 1. The van der Waals surface area contributed by atoms with Crippen LogP contribution in [0.5, 0.6) is 11.5 Å². The Labute approximate surface area is 188 Å². The number of hydrogen-bond acceptors (Lipinski definition) is 7. The number of aryl methyl sites for hydroxylation is 1. The highest BCUT2D eigenvalue weighted by Gasteiger charge is 2.34. The Bertz CT molecular complexity index is 1150. The van der Waals surface area contributed by atoms with Crippen LogP contribution in [0.15, 0.2) is 24.3 Å². The van der Waals surface area contributed by atoms with Gasteiger partial charge >= 0.3 is 0 Å². The molecular formula is C23H29N3O5S. The van der Waals surface area contributed by atoms with Crippen LogP contribution in [0.2, 0.25) is 0 Å². The van der Waals surface area contributed by atoms with Gasteiger partial charge in [0.25, 0.3) is 0 Å². The van der Waals surface area contributed by atoms with Crippen molar-refractivity contribution >= 4 is 15.6 Å². The SMILES string of the molecule is Cc1cc(C(=O)CN2CCN(C3CCS(=O)(=O)C3)CC2)c(C)n1-c1ccc2c(c1)OCO2. The second kappa shape index (κ2) is 8.20. The van der Waals surface area contributed by atoms with Crippen LogP contribution in [-0.4, -0.2) is 85.6 Å². The highest BCUT2D eigenvalue weighted by molar-refractivity contribution is 7.91. The van der Waals surface area contributed by atoms with Gasteiger partial charge in [0, 0.05) is 60.9 Å². The third-order valence-corrected chi connectivity index (χ3v) is 8.60. The first-order valence-electron chi connectivity index (χ1n) is 11.1. The number of aromatic nitrogens is 1. The lowest BCUT2D eigenvalue weighted by atomic mass is 10.1. The van der Waals surface area contributed by atoms with Crippen LogP contribution in [0.3, 0.4) is 0 Å². The molecule has 2 fully saturated rings. The Morgan fingerprint density at radius 1 is 1.06 bits per heavy atom. The van der Waals surface area contributed by atoms with Gasteiger partial charge in [-0.3, -0.25) is 14.6 Å². The van der Waals surface area contributed by atoms with Gasteiger partial charge in [-0.25, -0.2) is 8.42 Å². The van der Waals surface area contributed by atoms with Gasteiger partial charge < -0.3 is 14.0 Å². The number of nitrogens with zero attached hydrogens (tertiary/aromatic N) is 3. The van der Waals surface area contributed by atoms with Gasteiger partial charge in [0.05, 0.1) is 18.1 Å². The summed E-state index contributed by atoms with van der Waals surface area (Å²) in [5.74, 6) is 2.15. The minimum Gasteiger partial charge on any atom is -0.454 e. The van der Waals surface area contributed by atoms with E-state index < -0.39 is 9.84 Å². The van der Waals surface area contributed by atoms with Crippen molar-refractivity contribution in [1.82, 2.24) is 14.4 Å². The number of ketones is 1. The summed E-state index contributed by atoms with van der Waals surface area (Å²) in [6.07, 6.45) is 0.729. The fraction of sp³-hybridized carbons (Fsp3) is 0.522. The second-order valence-corrected chi connectivity index (χ2v) is 11.2. The van der Waals surface area contributed by atoms with Crippen molar-refractivity contribution in [2.75, 3.05) is 51.0 Å². The lowest BCUT2D eigenvalue weighted by Gasteiger charge is -2.37. The third-order valence-electron chi connectivity index (χ3n) is 6.84. The molecule has 2 aromatic rings. The molecule has 1 aromatic heterocycles. The number of Topliss-reactive ketones (excluding diaryl/α,β-unsaturated/α-hetero) is 1. The Morgan fingerprint density at radius 3 is 2.53 bits per heavy atom. The van der Waals surface area contributed by atoms with E-state index >= 15 is 0 Å². The van der Waals surface area contributed by atoms with E-state index in [1.165, 1.54) is 0 Å². The second-order valence-electron chi connectivity index (χ2n) is 8.95. The molecule has 9 heteroatoms. The molecule has 0 N–H and O–H groups in total. The van der Waals surface area contributed by atoms with Crippen LogP contribution < -0.4 is 9.47 Å². The molecule has 1 atom stereocenters. The topological polar surface area (TPSA) is 81.1 Å². The fourth-order valence-corrected chi connectivity index (χ4v) is 6.87. The highest BCUT2D eigenvalue weighted by atomic mass is 32.2. The molecule has 0 saturated carbocycles. The van der Waals surface area contributed by atoms with Crippen molar-refractivity contribution in [2.24, 2.45) is 0 Å². The van der Waals surface area contributed by atoms with Crippen LogP contribution in [0, 0.1) is 13.8 Å². The first-order chi connectivity index (χ1) is 15.3. The number of piperazine rings is 1. The molecule has 5 rings (SSSR count). The van der Waals surface area contributed by atoms with Gasteiger partial charge in [0.1, 0.15) is 0 Å². The largest absolute Gasteiger partial charge is 0.454 e. The zero-order chi connectivity index (χ0) is 22.5. The third kappa shape index (κ3) is 4.04. The summed E-state index contributed by atoms with van der Waals surface area (Å²) in [5.41, 5.74) is 3.60. The summed E-state index contributed by atoms with van der Waals surface area (Å²) in [6.45, 7) is 7.77. The molecule has 0 aliphatic carbocycles. The lowest BCUT2D eigenvalue weighted by Crippen LogP contribution is -2.51. The zero-order valence-electron chi connectivity index (χ0n) is 18.5. The van der Waals surface area contributed by atoms with Crippen molar-refractivity contribution in [1.29, 1.82) is 0 Å². The van der Waals surface area contributed by atoms with E-state index in [9.17, 15) is 13.2 Å². The normalized spacial score (nSPS) is 23.0. The van der Waals surface area contributed by atoms with Crippen LogP contribution >= 0.6 is 0 Å². The summed E-state index contributed by atoms with van der Waals surface area (Å²) < 4.78 is 36.5. The quantitative estimate of drug-likeness (QED) is 0.631. The molecule has 0 bridgehead atoms. The van der Waals surface area contributed by atoms with Crippen molar-refractivity contribution in [2.45, 2.75) is 26.3 Å². The van der Waals surface area contributed by atoms with Crippen LogP contribution in [0.1, 0.15) is 28.2 Å². The van der Waals surface area contributed by atoms with Gasteiger partial charge in [-0.1, -0.05) is 0 Å². The van der Waals surface area contributed by atoms with Crippen LogP contribution in [-0.2, 0) is 9.84 Å². The maximum Gasteiger partial charge on any atom is 0.231 e. The minimum absolute atomic E-state index is 0.113. The van der Waals surface area contributed by atoms with E-state index in [4.69, 9.17) is 9.47 Å². The van der Waals surface area contributed by atoms with E-state index in [1.807, 2.05) is 38.1 Å². The molecule has 0 radical (unpaired) electrons. The lowest BCUT2D eigenvalue weighted by molar-refractivity contribution is 0.0796. The van der Waals surface area contributed by atoms with Gasteiger partial charge in [0.2, 0.25) is 6.79 Å². The molecule has 1 aromatic carbocycles. The molecule has 8 nitrogen and oxygen atoms in total. The number of rotatable bonds is 5. The number of hydrogen-bond donors (Lipinski definition) is 0. The van der Waals surface area contributed by atoms with Crippen molar-refractivity contribution < 1.29 is 22.7 Å². The van der Waals surface area contributed by atoms with Gasteiger partial charge in [-0.15, -0.1) is 0 Å². The molecule has 0 spiro atoms. The predicted octanol–water partition coefficient (Wildman–Crippen LogP) is 1.81. The van der Waals surface area contributed by atoms with Gasteiger partial charge in [-0.2, -0.15) is 0 Å². The van der Waals surface area contributed by atoms with E-state index in [0.717, 1.165) is 66.7 Å². The Kier molecular flexibility index (Phi) is 5.51. The summed E-state index contributed by atoms with van der Waals surface area (Å²) in [4.78, 5) is 17.6. The summed E-state index contributed by atoms with van der Waals surface area (Å²) in [6, 6.07) is 7.91. The maximum absolute atomic E-state index is 13.1. The average molecular weight is 460 g/mol. The molecule has 3 aliphatic heterocycles. The van der Waals surface area contributed by atoms with E-state index in [0.29, 0.717) is 12.3 Å². The Morgan fingerprint density at radius 2 is 1.81 bits per heavy atom. The standard InChI is InChI=1S/C23H29N3O5S/c1-16-11-20(17(2)26(16)18-3-4-22-23(12-18)31-15-30-22)21(27)13-24-6-8-25(9-7-24)19-5-10-32(28,29)14-19/h3-4,11-12,19H,5-10,13-15H2,1-2H3. The van der Waals surface area contributed by atoms with Crippen LogP contribution in [0.4, 0.5) is 0 Å². The van der Waals surface area contributed by atoms with Gasteiger partial charge in [-0.05, 0) is 38.5 Å². The zero-order valence-corrected chi connectivity index (χ0v) is 19.4. The molecular weight excluding hydrogens is 430 g/mol. The molecule has 3 aliphatic rings. The Balaban J connectivity index is 1.24. The highest BCUT2D eigenvalue weighted by Crippen LogP contribution is 2.35. The summed E-state index contributed by atoms with van der Waals surface area (Å²) >= 11 is 0. The van der Waals surface area contributed by atoms with Crippen molar-refractivity contribution in [3.63, 3.8) is 0 Å². The Hall–Kier alpha value is -2.36. The molecule has 4 heterocycles. The van der Waals surface area contributed by atoms with Gasteiger partial charge in [0.15, 0.2) is 27.1 Å². The molecule has 172 valence electrons. The van der Waals surface area contributed by atoms with Crippen molar-refractivity contribution in [3.8, 4) is 17.2 Å². The number of carbonyl (C=O) groups is 1. The van der Waals surface area contributed by atoms with E-state index in [-0.39, 0.29) is 24.4 Å². The maximum atomic E-state index is 13.1. The smallest absolute Gasteiger partial charge is 0.231 e. The van der Waals surface area contributed by atoms with E-state index in [1.54, 1.807) is 0 Å². The molecule has 2 saturated heterocycles. The number of ether oxygens (including phenoxy) is 2. The number of benzene rings is 1. The molecule has 1 unspecified atom stereocenters. The summed E-state index contributed by atoms with van der Waals surface area (Å²) in [7, 11) is -2.87. The van der Waals surface area contributed by atoms with Crippen LogP contribution in [0.25, 0.3) is 5.69 Å². The first-order valence-corrected chi connectivity index (χ1v) is 12.9. The van der Waals surface area contributed by atoms with Crippen molar-refractivity contribution in [3.05, 3.63) is 41.2 Å². The number of carbonyl (C=O) groups excluding carboxylic acids is 1. The minimum atomic E-state index is -2.87. The predicted molar refractivity (Wildman–Crippen MR) is 121 cm³/mol. The molecule has 32 heavy (non-hydrogen) atoms.